The van der Waals surface area contributed by atoms with Crippen LogP contribution in [0, 0.1) is 5.82 Å². The molecule has 0 aromatic heterocycles. The van der Waals surface area contributed by atoms with Gasteiger partial charge in [0.2, 0.25) is 0 Å². The SMILES string of the molecule is NC(=S)c1ccc(F)cc1COCCC(F)(F)F. The fourth-order valence-corrected chi connectivity index (χ4v) is 1.49. The summed E-state index contributed by atoms with van der Waals surface area (Å²) >= 11 is 4.75. The molecule has 0 saturated heterocycles. The van der Waals surface area contributed by atoms with Crippen LogP contribution < -0.4 is 5.73 Å². The number of alkyl halides is 3. The van der Waals surface area contributed by atoms with Gasteiger partial charge in [-0.3, -0.25) is 0 Å². The van der Waals surface area contributed by atoms with Crippen molar-refractivity contribution in [2.24, 2.45) is 5.73 Å². The van der Waals surface area contributed by atoms with Gasteiger partial charge in [0.1, 0.15) is 10.8 Å². The Morgan fingerprint density at radius 2 is 2.00 bits per heavy atom. The van der Waals surface area contributed by atoms with Gasteiger partial charge in [-0.15, -0.1) is 0 Å². The normalized spacial score (nSPS) is 11.6. The van der Waals surface area contributed by atoms with Crippen LogP contribution in [0.1, 0.15) is 17.5 Å². The predicted octanol–water partition coefficient (Wildman–Crippen LogP) is 2.93. The molecule has 1 aromatic rings. The maximum atomic E-state index is 13.0. The van der Waals surface area contributed by atoms with Gasteiger partial charge < -0.3 is 10.5 Å². The molecule has 18 heavy (non-hydrogen) atoms. The van der Waals surface area contributed by atoms with Crippen molar-refractivity contribution in [3.05, 3.63) is 35.1 Å². The number of rotatable bonds is 5. The van der Waals surface area contributed by atoms with Gasteiger partial charge in [-0.2, -0.15) is 13.2 Å². The summed E-state index contributed by atoms with van der Waals surface area (Å²) < 4.78 is 53.4. The molecule has 7 heteroatoms. The van der Waals surface area contributed by atoms with E-state index in [0.29, 0.717) is 11.1 Å². The molecular weight excluding hydrogens is 270 g/mol. The molecule has 0 heterocycles. The van der Waals surface area contributed by atoms with Crippen molar-refractivity contribution in [2.75, 3.05) is 6.61 Å². The number of benzene rings is 1. The molecule has 0 bridgehead atoms. The number of ether oxygens (including phenoxy) is 1. The zero-order valence-corrected chi connectivity index (χ0v) is 10.1. The number of thiocarbonyl (C=S) groups is 1. The van der Waals surface area contributed by atoms with Crippen molar-refractivity contribution in [3.63, 3.8) is 0 Å². The van der Waals surface area contributed by atoms with Gasteiger partial charge in [-0.25, -0.2) is 4.39 Å². The molecule has 0 radical (unpaired) electrons. The topological polar surface area (TPSA) is 35.2 Å². The lowest BCUT2D eigenvalue weighted by Gasteiger charge is -2.10. The van der Waals surface area contributed by atoms with Crippen LogP contribution in [-0.4, -0.2) is 17.8 Å². The van der Waals surface area contributed by atoms with Crippen molar-refractivity contribution in [1.29, 1.82) is 0 Å². The Labute approximate surface area is 107 Å². The van der Waals surface area contributed by atoms with Crippen LogP contribution in [0.2, 0.25) is 0 Å². The minimum Gasteiger partial charge on any atom is -0.389 e. The van der Waals surface area contributed by atoms with Crippen molar-refractivity contribution in [1.82, 2.24) is 0 Å². The van der Waals surface area contributed by atoms with Crippen LogP contribution in [0.3, 0.4) is 0 Å². The lowest BCUT2D eigenvalue weighted by molar-refractivity contribution is -0.146. The second-order valence-corrected chi connectivity index (χ2v) is 4.02. The standard InChI is InChI=1S/C11H11F4NOS/c12-8-1-2-9(10(16)18)7(5-8)6-17-4-3-11(13,14)15/h1-2,5H,3-4,6H2,(H2,16,18). The van der Waals surface area contributed by atoms with E-state index in [4.69, 9.17) is 22.7 Å². The summed E-state index contributed by atoms with van der Waals surface area (Å²) in [5.41, 5.74) is 6.15. The lowest BCUT2D eigenvalue weighted by atomic mass is 10.1. The third-order valence-corrected chi connectivity index (χ3v) is 2.34. The van der Waals surface area contributed by atoms with Crippen molar-refractivity contribution in [2.45, 2.75) is 19.2 Å². The first-order valence-electron chi connectivity index (χ1n) is 5.02. The quantitative estimate of drug-likeness (QED) is 0.512. The van der Waals surface area contributed by atoms with Gasteiger partial charge >= 0.3 is 6.18 Å². The number of halogens is 4. The van der Waals surface area contributed by atoms with Gasteiger partial charge in [0, 0.05) is 5.56 Å². The van der Waals surface area contributed by atoms with Crippen LogP contribution in [0.15, 0.2) is 18.2 Å². The largest absolute Gasteiger partial charge is 0.391 e. The molecule has 0 unspecified atom stereocenters. The first kappa shape index (κ1) is 14.8. The average molecular weight is 281 g/mol. The zero-order valence-electron chi connectivity index (χ0n) is 9.26. The van der Waals surface area contributed by atoms with Crippen LogP contribution in [-0.2, 0) is 11.3 Å². The van der Waals surface area contributed by atoms with E-state index >= 15 is 0 Å². The number of hydrogen-bond donors (Lipinski definition) is 1. The highest BCUT2D eigenvalue weighted by Gasteiger charge is 2.26. The van der Waals surface area contributed by atoms with E-state index in [0.717, 1.165) is 6.07 Å². The van der Waals surface area contributed by atoms with Crippen molar-refractivity contribution >= 4 is 17.2 Å². The number of hydrogen-bond acceptors (Lipinski definition) is 2. The summed E-state index contributed by atoms with van der Waals surface area (Å²) in [6.07, 6.45) is -5.32. The van der Waals surface area contributed by atoms with E-state index in [1.165, 1.54) is 12.1 Å². The first-order chi connectivity index (χ1) is 8.29. The molecule has 0 fully saturated rings. The summed E-state index contributed by atoms with van der Waals surface area (Å²) in [7, 11) is 0. The molecule has 0 amide bonds. The highest BCUT2D eigenvalue weighted by atomic mass is 32.1. The average Bonchev–Trinajstić information content (AvgIpc) is 2.22. The highest BCUT2D eigenvalue weighted by Crippen LogP contribution is 2.20. The third kappa shape index (κ3) is 4.97. The molecule has 0 saturated carbocycles. The highest BCUT2D eigenvalue weighted by molar-refractivity contribution is 7.80. The van der Waals surface area contributed by atoms with Crippen LogP contribution in [0.25, 0.3) is 0 Å². The smallest absolute Gasteiger partial charge is 0.389 e. The van der Waals surface area contributed by atoms with Gasteiger partial charge in [0.05, 0.1) is 19.6 Å². The van der Waals surface area contributed by atoms with Crippen LogP contribution in [0.5, 0.6) is 0 Å². The van der Waals surface area contributed by atoms with E-state index in [2.05, 4.69) is 0 Å². The lowest BCUT2D eigenvalue weighted by Crippen LogP contribution is -2.15. The molecule has 0 spiro atoms. The van der Waals surface area contributed by atoms with Crippen molar-refractivity contribution in [3.8, 4) is 0 Å². The predicted molar refractivity (Wildman–Crippen MR) is 62.6 cm³/mol. The van der Waals surface area contributed by atoms with E-state index in [1.54, 1.807) is 0 Å². The van der Waals surface area contributed by atoms with E-state index in [-0.39, 0.29) is 11.6 Å². The molecule has 0 aliphatic carbocycles. The Hall–Kier alpha value is -1.21. The Balaban J connectivity index is 2.61. The molecule has 1 aromatic carbocycles. The van der Waals surface area contributed by atoms with Gasteiger partial charge in [-0.05, 0) is 23.8 Å². The first-order valence-corrected chi connectivity index (χ1v) is 5.43. The van der Waals surface area contributed by atoms with Gasteiger partial charge in [0.15, 0.2) is 0 Å². The Morgan fingerprint density at radius 3 is 2.56 bits per heavy atom. The van der Waals surface area contributed by atoms with Gasteiger partial charge in [0.25, 0.3) is 0 Å². The van der Waals surface area contributed by atoms with E-state index < -0.39 is 25.0 Å². The van der Waals surface area contributed by atoms with Crippen LogP contribution >= 0.6 is 12.2 Å². The second-order valence-electron chi connectivity index (χ2n) is 3.58. The number of nitrogens with two attached hydrogens (primary N) is 1. The van der Waals surface area contributed by atoms with Crippen molar-refractivity contribution < 1.29 is 22.3 Å². The Kier molecular flexibility index (Phi) is 5.03. The molecule has 0 atom stereocenters. The summed E-state index contributed by atoms with van der Waals surface area (Å²) in [6.45, 7) is -0.655. The fraction of sp³-hybridized carbons (Fsp3) is 0.364. The molecular formula is C11H11F4NOS. The minimum atomic E-state index is -4.27. The summed E-state index contributed by atoms with van der Waals surface area (Å²) in [5, 5.41) is 0. The Morgan fingerprint density at radius 1 is 1.33 bits per heavy atom. The third-order valence-electron chi connectivity index (χ3n) is 2.12. The van der Waals surface area contributed by atoms with E-state index in [1.807, 2.05) is 0 Å². The maximum Gasteiger partial charge on any atom is 0.391 e. The molecule has 0 aliphatic heterocycles. The summed E-state index contributed by atoms with van der Waals surface area (Å²) in [4.78, 5) is 0.0458. The second kappa shape index (κ2) is 6.10. The molecule has 2 N–H and O–H groups in total. The molecule has 1 rings (SSSR count). The summed E-state index contributed by atoms with van der Waals surface area (Å²) in [5.74, 6) is -0.524. The fourth-order valence-electron chi connectivity index (χ4n) is 1.29. The van der Waals surface area contributed by atoms with Gasteiger partial charge in [-0.1, -0.05) is 12.2 Å². The monoisotopic (exact) mass is 281 g/mol. The molecule has 2 nitrogen and oxygen atoms in total. The Bertz CT molecular complexity index is 434. The molecule has 0 aliphatic rings. The van der Waals surface area contributed by atoms with Crippen LogP contribution in [0.4, 0.5) is 17.6 Å². The summed E-state index contributed by atoms with van der Waals surface area (Å²) in [6, 6.07) is 3.69. The molecule has 100 valence electrons. The van der Waals surface area contributed by atoms with E-state index in [9.17, 15) is 17.6 Å². The zero-order chi connectivity index (χ0) is 13.8. The maximum absolute atomic E-state index is 13.0. The minimum absolute atomic E-state index is 0.0458.